The fourth-order valence-corrected chi connectivity index (χ4v) is 6.91. The molecule has 3 aromatic rings. The van der Waals surface area contributed by atoms with E-state index >= 15 is 0 Å². The third kappa shape index (κ3) is 5.73. The molecule has 5 rings (SSSR count). The molecule has 34 heavy (non-hydrogen) atoms. The molecule has 2 aromatic heterocycles. The minimum atomic E-state index is -0.0341. The number of hydrogen-bond donors (Lipinski definition) is 2. The van der Waals surface area contributed by atoms with E-state index in [1.807, 2.05) is 0 Å². The van der Waals surface area contributed by atoms with Crippen LogP contribution in [0.4, 0.5) is 0 Å². The SMILES string of the molecule is O=C(CSCc1nc2sc3c(c2c(=O)[nH]1)CCCC3)NCc1ccc(CN2CCCCC2)cc1. The normalized spacial score (nSPS) is 16.5. The molecule has 0 saturated carbocycles. The second-order valence-electron chi connectivity index (χ2n) is 9.33. The molecular formula is C26H32N4O2S2. The van der Waals surface area contributed by atoms with Crippen molar-refractivity contribution in [3.63, 3.8) is 0 Å². The van der Waals surface area contributed by atoms with Crippen LogP contribution in [0.1, 0.15) is 59.5 Å². The summed E-state index contributed by atoms with van der Waals surface area (Å²) in [5.74, 6) is 1.51. The van der Waals surface area contributed by atoms with Crippen LogP contribution in [-0.2, 0) is 36.5 Å². The average Bonchev–Trinajstić information content (AvgIpc) is 3.23. The molecule has 0 unspecified atom stereocenters. The van der Waals surface area contributed by atoms with E-state index in [4.69, 9.17) is 0 Å². The van der Waals surface area contributed by atoms with Gasteiger partial charge >= 0.3 is 0 Å². The number of carbonyl (C=O) groups is 1. The number of likely N-dealkylation sites (tertiary alicyclic amines) is 1. The summed E-state index contributed by atoms with van der Waals surface area (Å²) in [4.78, 5) is 37.3. The smallest absolute Gasteiger partial charge is 0.259 e. The molecule has 180 valence electrons. The van der Waals surface area contributed by atoms with E-state index in [2.05, 4.69) is 44.5 Å². The lowest BCUT2D eigenvalue weighted by Crippen LogP contribution is -2.29. The molecule has 3 heterocycles. The second-order valence-corrected chi connectivity index (χ2v) is 11.4. The van der Waals surface area contributed by atoms with Crippen LogP contribution in [0.25, 0.3) is 10.2 Å². The fourth-order valence-electron chi connectivity index (χ4n) is 4.91. The van der Waals surface area contributed by atoms with Crippen LogP contribution >= 0.6 is 23.1 Å². The Bertz CT molecular complexity index is 1200. The van der Waals surface area contributed by atoms with E-state index in [9.17, 15) is 9.59 Å². The quantitative estimate of drug-likeness (QED) is 0.483. The maximum atomic E-state index is 12.6. The molecule has 0 spiro atoms. The highest BCUT2D eigenvalue weighted by molar-refractivity contribution is 7.99. The van der Waals surface area contributed by atoms with Gasteiger partial charge in [0.1, 0.15) is 10.7 Å². The lowest BCUT2D eigenvalue weighted by Gasteiger charge is -2.26. The van der Waals surface area contributed by atoms with Crippen molar-refractivity contribution < 1.29 is 4.79 Å². The van der Waals surface area contributed by atoms with Crippen LogP contribution in [0, 0.1) is 0 Å². The first-order valence-corrected chi connectivity index (χ1v) is 14.3. The van der Waals surface area contributed by atoms with Gasteiger partial charge in [0, 0.05) is 18.0 Å². The molecule has 8 heteroatoms. The highest BCUT2D eigenvalue weighted by atomic mass is 32.2. The van der Waals surface area contributed by atoms with Crippen LogP contribution < -0.4 is 10.9 Å². The van der Waals surface area contributed by atoms with Gasteiger partial charge in [-0.15, -0.1) is 23.1 Å². The van der Waals surface area contributed by atoms with E-state index in [0.29, 0.717) is 23.9 Å². The van der Waals surface area contributed by atoms with Gasteiger partial charge in [-0.1, -0.05) is 30.7 Å². The first kappa shape index (κ1) is 23.6. The Morgan fingerprint density at radius 1 is 1.06 bits per heavy atom. The van der Waals surface area contributed by atoms with E-state index < -0.39 is 0 Å². The number of nitrogens with zero attached hydrogens (tertiary/aromatic N) is 2. The topological polar surface area (TPSA) is 78.1 Å². The molecule has 1 saturated heterocycles. The van der Waals surface area contributed by atoms with Crippen LogP contribution in [0.2, 0.25) is 0 Å². The number of thioether (sulfide) groups is 1. The van der Waals surface area contributed by atoms with Gasteiger partial charge in [0.25, 0.3) is 5.56 Å². The molecule has 6 nitrogen and oxygen atoms in total. The second kappa shape index (κ2) is 11.1. The minimum absolute atomic E-state index is 0.00240. The molecule has 0 bridgehead atoms. The van der Waals surface area contributed by atoms with Gasteiger partial charge in [-0.05, 0) is 68.3 Å². The number of fused-ring (bicyclic) bond motifs is 3. The summed E-state index contributed by atoms with van der Waals surface area (Å²) in [7, 11) is 0. The summed E-state index contributed by atoms with van der Waals surface area (Å²) in [6.45, 7) is 3.94. The van der Waals surface area contributed by atoms with Crippen molar-refractivity contribution in [2.45, 2.75) is 63.8 Å². The number of benzene rings is 1. The molecule has 0 atom stereocenters. The molecular weight excluding hydrogens is 464 g/mol. The van der Waals surface area contributed by atoms with Crippen molar-refractivity contribution in [1.82, 2.24) is 20.2 Å². The monoisotopic (exact) mass is 496 g/mol. The number of piperidine rings is 1. The molecule has 2 N–H and O–H groups in total. The zero-order chi connectivity index (χ0) is 23.3. The zero-order valence-corrected chi connectivity index (χ0v) is 21.2. The van der Waals surface area contributed by atoms with Crippen LogP contribution in [-0.4, -0.2) is 39.6 Å². The average molecular weight is 497 g/mol. The molecule has 1 aromatic carbocycles. The highest BCUT2D eigenvalue weighted by Crippen LogP contribution is 2.33. The number of thiophene rings is 1. The van der Waals surface area contributed by atoms with Gasteiger partial charge in [-0.25, -0.2) is 4.98 Å². The van der Waals surface area contributed by atoms with Crippen molar-refractivity contribution >= 4 is 39.2 Å². The van der Waals surface area contributed by atoms with Gasteiger partial charge < -0.3 is 10.3 Å². The lowest BCUT2D eigenvalue weighted by atomic mass is 9.97. The number of H-pyrrole nitrogens is 1. The van der Waals surface area contributed by atoms with E-state index in [1.54, 1.807) is 11.3 Å². The van der Waals surface area contributed by atoms with Crippen molar-refractivity contribution in [3.05, 3.63) is 62.0 Å². The fraction of sp³-hybridized carbons (Fsp3) is 0.500. The number of nitrogens with one attached hydrogen (secondary N) is 2. The number of aromatic amines is 1. The number of aryl methyl sites for hydroxylation is 2. The molecule has 1 aliphatic heterocycles. The predicted octanol–water partition coefficient (Wildman–Crippen LogP) is 4.40. The van der Waals surface area contributed by atoms with Crippen molar-refractivity contribution in [2.75, 3.05) is 18.8 Å². The van der Waals surface area contributed by atoms with Crippen molar-refractivity contribution in [1.29, 1.82) is 0 Å². The molecule has 1 fully saturated rings. The van der Waals surface area contributed by atoms with Crippen LogP contribution in [0.3, 0.4) is 0 Å². The van der Waals surface area contributed by atoms with Crippen LogP contribution in [0.5, 0.6) is 0 Å². The lowest BCUT2D eigenvalue weighted by molar-refractivity contribution is -0.118. The summed E-state index contributed by atoms with van der Waals surface area (Å²) in [6, 6.07) is 8.56. The number of hydrogen-bond acceptors (Lipinski definition) is 6. The Balaban J connectivity index is 1.08. The minimum Gasteiger partial charge on any atom is -0.351 e. The van der Waals surface area contributed by atoms with Crippen molar-refractivity contribution in [2.24, 2.45) is 0 Å². The number of amides is 1. The number of aromatic nitrogens is 2. The number of carbonyl (C=O) groups excluding carboxylic acids is 1. The highest BCUT2D eigenvalue weighted by Gasteiger charge is 2.19. The van der Waals surface area contributed by atoms with Gasteiger partial charge in [0.15, 0.2) is 0 Å². The van der Waals surface area contributed by atoms with Crippen molar-refractivity contribution in [3.8, 4) is 0 Å². The van der Waals surface area contributed by atoms with Gasteiger partial charge in [-0.2, -0.15) is 0 Å². The molecule has 1 amide bonds. The molecule has 1 aliphatic carbocycles. The third-order valence-corrected chi connectivity index (χ3v) is 8.84. The number of rotatable bonds is 8. The Morgan fingerprint density at radius 2 is 1.82 bits per heavy atom. The van der Waals surface area contributed by atoms with E-state index in [0.717, 1.165) is 41.6 Å². The Labute approximate surface area is 208 Å². The summed E-state index contributed by atoms with van der Waals surface area (Å²) < 4.78 is 0. The summed E-state index contributed by atoms with van der Waals surface area (Å²) in [5, 5.41) is 3.78. The third-order valence-electron chi connectivity index (χ3n) is 6.71. The van der Waals surface area contributed by atoms with E-state index in [1.165, 1.54) is 66.5 Å². The Kier molecular flexibility index (Phi) is 7.67. The summed E-state index contributed by atoms with van der Waals surface area (Å²) >= 11 is 3.14. The van der Waals surface area contributed by atoms with Gasteiger partial charge in [0.2, 0.25) is 5.91 Å². The largest absolute Gasteiger partial charge is 0.351 e. The first-order chi connectivity index (χ1) is 16.7. The maximum absolute atomic E-state index is 12.6. The zero-order valence-electron chi connectivity index (χ0n) is 19.5. The predicted molar refractivity (Wildman–Crippen MR) is 140 cm³/mol. The summed E-state index contributed by atoms with van der Waals surface area (Å²) in [6.07, 6.45) is 8.34. The summed E-state index contributed by atoms with van der Waals surface area (Å²) in [5.41, 5.74) is 3.61. The van der Waals surface area contributed by atoms with Gasteiger partial charge in [-0.3, -0.25) is 14.5 Å². The van der Waals surface area contributed by atoms with Gasteiger partial charge in [0.05, 0.1) is 16.9 Å². The molecule has 0 radical (unpaired) electrons. The van der Waals surface area contributed by atoms with E-state index in [-0.39, 0.29) is 11.5 Å². The Morgan fingerprint density at radius 3 is 2.65 bits per heavy atom. The first-order valence-electron chi connectivity index (χ1n) is 12.3. The standard InChI is InChI=1S/C26H32N4O2S2/c31-23(27-14-18-8-10-19(11-9-18)15-30-12-4-1-5-13-30)17-33-16-22-28-25(32)24-20-6-2-3-7-21(20)34-26(24)29-22/h8-11H,1-7,12-17H2,(H,27,31)(H,28,29,32). The molecule has 2 aliphatic rings. The maximum Gasteiger partial charge on any atom is 0.259 e. The Hall–Kier alpha value is -2.16. The van der Waals surface area contributed by atoms with Crippen LogP contribution in [0.15, 0.2) is 29.1 Å².